The molecule has 0 amide bonds. The maximum atomic E-state index is 14.4. The van der Waals surface area contributed by atoms with Crippen molar-refractivity contribution in [1.82, 2.24) is 14.3 Å². The fourth-order valence-corrected chi connectivity index (χ4v) is 6.89. The van der Waals surface area contributed by atoms with Crippen LogP contribution in [-0.4, -0.2) is 45.6 Å². The van der Waals surface area contributed by atoms with E-state index in [9.17, 15) is 14.4 Å². The van der Waals surface area contributed by atoms with Crippen molar-refractivity contribution in [3.8, 4) is 22.7 Å². The van der Waals surface area contributed by atoms with E-state index in [2.05, 4.69) is 0 Å². The lowest BCUT2D eigenvalue weighted by Gasteiger charge is -2.25. The molecule has 3 aromatic carbocycles. The summed E-state index contributed by atoms with van der Waals surface area (Å²) in [4.78, 5) is 45.3. The minimum atomic E-state index is -0.839. The van der Waals surface area contributed by atoms with Gasteiger partial charge in [-0.3, -0.25) is 9.36 Å². The zero-order chi connectivity index (χ0) is 35.7. The molecule has 0 aliphatic carbocycles. The lowest BCUT2D eigenvalue weighted by Crippen LogP contribution is -2.40. The number of fused-ring (bicyclic) bond motifs is 1. The molecule has 0 N–H and O–H groups in total. The molecule has 0 unspecified atom stereocenters. The molecule has 0 spiro atoms. The maximum Gasteiger partial charge on any atom is 0.338 e. The van der Waals surface area contributed by atoms with Gasteiger partial charge in [-0.25, -0.2) is 19.3 Å². The SMILES string of the molecule is COC(=O)c1ccc([C@H]2C(C(=O)OC(C)C)=C(C)N=c3s/c(=C\c4cn(-c5ccccc5)nc4-c4ccc(OC(C)C)c(C)c4)c(=O)n32)cc1. The first kappa shape index (κ1) is 34.3. The lowest BCUT2D eigenvalue weighted by atomic mass is 9.95. The third kappa shape index (κ3) is 6.81. The first-order valence-corrected chi connectivity index (χ1v) is 17.1. The summed E-state index contributed by atoms with van der Waals surface area (Å²) in [6.07, 6.45) is 3.37. The molecule has 0 bridgehead atoms. The molecule has 0 fully saturated rings. The summed E-state index contributed by atoms with van der Waals surface area (Å²) in [7, 11) is 1.31. The Morgan fingerprint density at radius 1 is 0.920 bits per heavy atom. The summed E-state index contributed by atoms with van der Waals surface area (Å²) in [5.74, 6) is -0.261. The van der Waals surface area contributed by atoms with E-state index >= 15 is 0 Å². The maximum absolute atomic E-state index is 14.4. The fourth-order valence-electron chi connectivity index (χ4n) is 5.85. The third-order valence-electron chi connectivity index (χ3n) is 8.09. The van der Waals surface area contributed by atoms with Crippen LogP contribution in [0.15, 0.2) is 100 Å². The van der Waals surface area contributed by atoms with Crippen LogP contribution < -0.4 is 19.6 Å². The number of rotatable bonds is 9. The van der Waals surface area contributed by atoms with Gasteiger partial charge in [-0.15, -0.1) is 0 Å². The van der Waals surface area contributed by atoms with Gasteiger partial charge in [-0.05, 0) is 101 Å². The second-order valence-corrected chi connectivity index (χ2v) is 13.5. The van der Waals surface area contributed by atoms with E-state index < -0.39 is 18.0 Å². The molecule has 0 radical (unpaired) electrons. The highest BCUT2D eigenvalue weighted by atomic mass is 32.1. The highest BCUT2D eigenvalue weighted by Crippen LogP contribution is 2.32. The van der Waals surface area contributed by atoms with E-state index in [4.69, 9.17) is 24.3 Å². The van der Waals surface area contributed by atoms with Gasteiger partial charge in [0.2, 0.25) is 0 Å². The number of methoxy groups -OCH3 is 1. The molecule has 3 heterocycles. The van der Waals surface area contributed by atoms with E-state index in [-0.39, 0.29) is 23.3 Å². The Balaban J connectivity index is 1.53. The van der Waals surface area contributed by atoms with Crippen molar-refractivity contribution in [2.24, 2.45) is 4.99 Å². The second kappa shape index (κ2) is 14.1. The van der Waals surface area contributed by atoms with E-state index in [1.165, 1.54) is 23.0 Å². The summed E-state index contributed by atoms with van der Waals surface area (Å²) in [5.41, 5.74) is 5.44. The van der Waals surface area contributed by atoms with Crippen molar-refractivity contribution >= 4 is 29.4 Å². The lowest BCUT2D eigenvalue weighted by molar-refractivity contribution is -0.143. The number of aryl methyl sites for hydroxylation is 1. The Hall–Kier alpha value is -5.55. The van der Waals surface area contributed by atoms with Crippen molar-refractivity contribution in [2.45, 2.75) is 59.8 Å². The summed E-state index contributed by atoms with van der Waals surface area (Å²) in [6.45, 7) is 11.2. The number of nitrogens with zero attached hydrogens (tertiary/aromatic N) is 4. The molecule has 256 valence electrons. The van der Waals surface area contributed by atoms with E-state index in [0.29, 0.717) is 31.9 Å². The summed E-state index contributed by atoms with van der Waals surface area (Å²) in [5, 5.41) is 4.97. The van der Waals surface area contributed by atoms with Crippen molar-refractivity contribution in [3.63, 3.8) is 0 Å². The van der Waals surface area contributed by atoms with Crippen molar-refractivity contribution < 1.29 is 23.8 Å². The fraction of sp³-hybridized carbons (Fsp3) is 0.256. The van der Waals surface area contributed by atoms with Gasteiger partial charge in [0.25, 0.3) is 5.56 Å². The highest BCUT2D eigenvalue weighted by molar-refractivity contribution is 7.07. The molecule has 1 atom stereocenters. The van der Waals surface area contributed by atoms with Crippen LogP contribution in [0.25, 0.3) is 23.0 Å². The Bertz CT molecular complexity index is 2300. The predicted octanol–water partition coefficient (Wildman–Crippen LogP) is 5.92. The minimum absolute atomic E-state index is 0.0319. The van der Waals surface area contributed by atoms with Crippen LogP contribution in [0, 0.1) is 6.92 Å². The second-order valence-electron chi connectivity index (χ2n) is 12.5. The van der Waals surface area contributed by atoms with Crippen LogP contribution in [0.4, 0.5) is 0 Å². The number of aromatic nitrogens is 3. The largest absolute Gasteiger partial charge is 0.491 e. The van der Waals surface area contributed by atoms with Gasteiger partial charge in [0, 0.05) is 17.3 Å². The van der Waals surface area contributed by atoms with Crippen LogP contribution in [0.3, 0.4) is 0 Å². The average Bonchev–Trinajstić information content (AvgIpc) is 3.65. The Kier molecular flexibility index (Phi) is 9.70. The molecule has 0 saturated heterocycles. The number of hydrogen-bond donors (Lipinski definition) is 0. The molecule has 5 aromatic rings. The van der Waals surface area contributed by atoms with Crippen molar-refractivity contribution in [1.29, 1.82) is 0 Å². The Morgan fingerprint density at radius 2 is 1.64 bits per heavy atom. The van der Waals surface area contributed by atoms with Gasteiger partial charge < -0.3 is 14.2 Å². The van der Waals surface area contributed by atoms with Crippen LogP contribution in [0.2, 0.25) is 0 Å². The van der Waals surface area contributed by atoms with Crippen LogP contribution in [0.1, 0.15) is 67.7 Å². The zero-order valence-electron chi connectivity index (χ0n) is 29.0. The molecular formula is C39H38N4O6S. The van der Waals surface area contributed by atoms with Gasteiger partial charge >= 0.3 is 11.9 Å². The van der Waals surface area contributed by atoms with Crippen molar-refractivity contribution in [2.75, 3.05) is 7.11 Å². The van der Waals surface area contributed by atoms with Crippen LogP contribution in [0.5, 0.6) is 5.75 Å². The number of benzene rings is 3. The normalized spacial score (nSPS) is 14.5. The van der Waals surface area contributed by atoms with Crippen molar-refractivity contribution in [3.05, 3.63) is 132 Å². The number of esters is 2. The number of thiazole rings is 1. The standard InChI is InChI=1S/C39H38N4O6S/c1-22(2)48-31-18-17-28(19-24(31)5)34-29(21-42(41-34)30-11-9-8-10-12-30)20-32-36(44)43-35(26-13-15-27(16-14-26)37(45)47-7)33(38(46)49-23(3)4)25(6)40-39(43)50-32/h8-23,35H,1-7H3/b32-20-/t35-/m0/s1. The van der Waals surface area contributed by atoms with Gasteiger partial charge in [-0.2, -0.15) is 5.10 Å². The Labute approximate surface area is 293 Å². The first-order valence-electron chi connectivity index (χ1n) is 16.3. The number of ether oxygens (including phenoxy) is 3. The molecule has 10 nitrogen and oxygen atoms in total. The summed E-state index contributed by atoms with van der Waals surface area (Å²) >= 11 is 1.23. The first-order chi connectivity index (χ1) is 23.9. The topological polar surface area (TPSA) is 114 Å². The zero-order valence-corrected chi connectivity index (χ0v) is 29.8. The smallest absolute Gasteiger partial charge is 0.338 e. The molecule has 50 heavy (non-hydrogen) atoms. The quantitative estimate of drug-likeness (QED) is 0.177. The summed E-state index contributed by atoms with van der Waals surface area (Å²) in [6, 6.07) is 21.5. The van der Waals surface area contributed by atoms with Gasteiger partial charge in [0.15, 0.2) is 4.80 Å². The molecule has 0 saturated carbocycles. The molecule has 6 rings (SSSR count). The highest BCUT2D eigenvalue weighted by Gasteiger charge is 2.34. The van der Waals surface area contributed by atoms with Crippen LogP contribution in [-0.2, 0) is 14.3 Å². The van der Waals surface area contributed by atoms with Crippen LogP contribution >= 0.6 is 11.3 Å². The molecule has 1 aliphatic rings. The minimum Gasteiger partial charge on any atom is -0.491 e. The van der Waals surface area contributed by atoms with Gasteiger partial charge in [-0.1, -0.05) is 41.7 Å². The van der Waals surface area contributed by atoms with E-state index in [1.54, 1.807) is 49.7 Å². The number of hydrogen-bond acceptors (Lipinski definition) is 9. The monoisotopic (exact) mass is 690 g/mol. The van der Waals surface area contributed by atoms with E-state index in [0.717, 1.165) is 28.1 Å². The number of carbonyl (C=O) groups excluding carboxylic acids is 2. The van der Waals surface area contributed by atoms with E-state index in [1.807, 2.05) is 81.6 Å². The summed E-state index contributed by atoms with van der Waals surface area (Å²) < 4.78 is 20.2. The molecule has 2 aromatic heterocycles. The number of carbonyl (C=O) groups is 2. The molecular weight excluding hydrogens is 653 g/mol. The number of para-hydroxylation sites is 1. The van der Waals surface area contributed by atoms with Gasteiger partial charge in [0.1, 0.15) is 11.4 Å². The number of allylic oxidation sites excluding steroid dienone is 1. The average molecular weight is 691 g/mol. The molecule has 1 aliphatic heterocycles. The Morgan fingerprint density at radius 3 is 2.28 bits per heavy atom. The predicted molar refractivity (Wildman–Crippen MR) is 192 cm³/mol. The third-order valence-corrected chi connectivity index (χ3v) is 9.08. The van der Waals surface area contributed by atoms with Gasteiger partial charge in [0.05, 0.1) is 52.4 Å². The molecule has 11 heteroatoms.